The lowest BCUT2D eigenvalue weighted by Gasteiger charge is -2.11. The maximum atomic E-state index is 6.21. The number of rotatable bonds is 0. The summed E-state index contributed by atoms with van der Waals surface area (Å²) in [5.74, 6) is 0. The first-order chi connectivity index (χ1) is 13.2. The molecule has 0 spiro atoms. The van der Waals surface area contributed by atoms with Crippen molar-refractivity contribution in [2.24, 2.45) is 7.05 Å². The number of nitrogens with zero attached hydrogens (tertiary/aromatic N) is 2. The normalized spacial score (nSPS) is 12.1. The van der Waals surface area contributed by atoms with Crippen molar-refractivity contribution in [2.75, 3.05) is 0 Å². The average Bonchev–Trinajstić information content (AvgIpc) is 3.07. The molecular formula is C24H17N2O+. The van der Waals surface area contributed by atoms with Crippen LogP contribution in [0.25, 0.3) is 54.4 Å². The van der Waals surface area contributed by atoms with Crippen LogP contribution in [0.3, 0.4) is 0 Å². The third-order valence-electron chi connectivity index (χ3n) is 5.71. The lowest BCUT2D eigenvalue weighted by molar-refractivity contribution is -0.647. The standard InChI is InChI=1S/C24H17N2O/c1-14-22-17-9-5-6-10-20(17)27-21(22)11-18-15-7-3-4-8-16(15)19-12-25-13-26(2)24(19)23(14)18/h3-13H,1-2H3/q+1. The number of furan rings is 1. The maximum absolute atomic E-state index is 6.21. The van der Waals surface area contributed by atoms with E-state index in [1.807, 2.05) is 24.7 Å². The average molecular weight is 349 g/mol. The largest absolute Gasteiger partial charge is 0.456 e. The highest BCUT2D eigenvalue weighted by atomic mass is 16.3. The molecule has 0 aliphatic rings. The van der Waals surface area contributed by atoms with Crippen LogP contribution in [0.4, 0.5) is 0 Å². The quantitative estimate of drug-likeness (QED) is 0.265. The van der Waals surface area contributed by atoms with Crippen molar-refractivity contribution in [3.8, 4) is 0 Å². The molecule has 2 aromatic heterocycles. The smallest absolute Gasteiger partial charge is 0.286 e. The minimum atomic E-state index is 0.936. The third-order valence-corrected chi connectivity index (χ3v) is 5.71. The zero-order valence-corrected chi connectivity index (χ0v) is 15.2. The summed E-state index contributed by atoms with van der Waals surface area (Å²) in [6, 6.07) is 19.0. The van der Waals surface area contributed by atoms with E-state index in [9.17, 15) is 0 Å². The summed E-state index contributed by atoms with van der Waals surface area (Å²) in [5, 5.41) is 8.50. The van der Waals surface area contributed by atoms with Crippen LogP contribution in [0, 0.1) is 6.92 Å². The van der Waals surface area contributed by atoms with Crippen LogP contribution in [0.5, 0.6) is 0 Å². The second kappa shape index (κ2) is 5.04. The molecule has 0 fully saturated rings. The van der Waals surface area contributed by atoms with Gasteiger partial charge in [0, 0.05) is 16.2 Å². The Kier molecular flexibility index (Phi) is 2.74. The number of hydrogen-bond donors (Lipinski definition) is 0. The molecule has 2 heterocycles. The molecule has 0 N–H and O–H groups in total. The molecule has 0 saturated heterocycles. The zero-order chi connectivity index (χ0) is 18.1. The molecule has 0 bridgehead atoms. The number of benzene rings is 4. The van der Waals surface area contributed by atoms with E-state index < -0.39 is 0 Å². The van der Waals surface area contributed by atoms with E-state index in [1.165, 1.54) is 48.8 Å². The molecule has 0 atom stereocenters. The molecule has 6 aromatic rings. The van der Waals surface area contributed by atoms with Crippen molar-refractivity contribution in [1.82, 2.24) is 4.98 Å². The Balaban J connectivity index is 2.03. The van der Waals surface area contributed by atoms with Gasteiger partial charge in [-0.25, -0.2) is 4.57 Å². The molecule has 0 saturated carbocycles. The van der Waals surface area contributed by atoms with Crippen molar-refractivity contribution < 1.29 is 8.98 Å². The van der Waals surface area contributed by atoms with E-state index in [0.29, 0.717) is 0 Å². The van der Waals surface area contributed by atoms with Crippen LogP contribution in [0.2, 0.25) is 0 Å². The molecule has 0 amide bonds. The molecule has 0 aliphatic heterocycles. The van der Waals surface area contributed by atoms with Crippen molar-refractivity contribution in [2.45, 2.75) is 6.92 Å². The fourth-order valence-electron chi connectivity index (χ4n) is 4.58. The second-order valence-corrected chi connectivity index (χ2v) is 7.21. The van der Waals surface area contributed by atoms with Crippen LogP contribution in [0.1, 0.15) is 5.56 Å². The highest BCUT2D eigenvalue weighted by Crippen LogP contribution is 2.41. The number of hydrogen-bond acceptors (Lipinski definition) is 2. The van der Waals surface area contributed by atoms with Crippen molar-refractivity contribution >= 4 is 54.4 Å². The molecule has 3 nitrogen and oxygen atoms in total. The summed E-state index contributed by atoms with van der Waals surface area (Å²) < 4.78 is 8.34. The van der Waals surface area contributed by atoms with Crippen molar-refractivity contribution in [3.63, 3.8) is 0 Å². The van der Waals surface area contributed by atoms with Crippen LogP contribution in [-0.4, -0.2) is 4.98 Å². The number of aryl methyl sites for hydroxylation is 2. The Hall–Kier alpha value is -3.46. The topological polar surface area (TPSA) is 29.9 Å². The first-order valence-corrected chi connectivity index (χ1v) is 9.12. The maximum Gasteiger partial charge on any atom is 0.286 e. The first kappa shape index (κ1) is 14.7. The van der Waals surface area contributed by atoms with Gasteiger partial charge in [0.25, 0.3) is 6.33 Å². The lowest BCUT2D eigenvalue weighted by atomic mass is 9.92. The Morgan fingerprint density at radius 1 is 0.778 bits per heavy atom. The van der Waals surface area contributed by atoms with Gasteiger partial charge in [0.15, 0.2) is 6.20 Å². The molecule has 3 heteroatoms. The fourth-order valence-corrected chi connectivity index (χ4v) is 4.58. The predicted molar refractivity (Wildman–Crippen MR) is 110 cm³/mol. The summed E-state index contributed by atoms with van der Waals surface area (Å²) in [7, 11) is 2.07. The number of fused-ring (bicyclic) bond motifs is 9. The molecule has 0 aliphatic carbocycles. The SMILES string of the molecule is Cc1c2c(cc3c4ccccc4c4cnc[n+](C)c4c13)oc1ccccc12. The monoisotopic (exact) mass is 349 g/mol. The van der Waals surface area contributed by atoms with Gasteiger partial charge in [0.2, 0.25) is 0 Å². The van der Waals surface area contributed by atoms with Gasteiger partial charge < -0.3 is 4.42 Å². The van der Waals surface area contributed by atoms with Gasteiger partial charge in [-0.1, -0.05) is 47.4 Å². The molecule has 0 radical (unpaired) electrons. The van der Waals surface area contributed by atoms with E-state index in [0.717, 1.165) is 11.2 Å². The number of aromatic nitrogens is 2. The van der Waals surface area contributed by atoms with Gasteiger partial charge in [-0.15, -0.1) is 0 Å². The van der Waals surface area contributed by atoms with Crippen LogP contribution in [-0.2, 0) is 7.05 Å². The summed E-state index contributed by atoms with van der Waals surface area (Å²) in [4.78, 5) is 4.45. The number of para-hydroxylation sites is 1. The molecule has 128 valence electrons. The van der Waals surface area contributed by atoms with Gasteiger partial charge in [-0.2, -0.15) is 0 Å². The minimum Gasteiger partial charge on any atom is -0.456 e. The second-order valence-electron chi connectivity index (χ2n) is 7.21. The van der Waals surface area contributed by atoms with E-state index in [1.54, 1.807) is 0 Å². The Bertz CT molecular complexity index is 1540. The summed E-state index contributed by atoms with van der Waals surface area (Å²) in [6.07, 6.45) is 3.86. The van der Waals surface area contributed by atoms with Gasteiger partial charge in [-0.05, 0) is 40.8 Å². The Labute approximate surface area is 155 Å². The summed E-state index contributed by atoms with van der Waals surface area (Å²) in [6.45, 7) is 2.21. The highest BCUT2D eigenvalue weighted by Gasteiger charge is 2.20. The van der Waals surface area contributed by atoms with Crippen molar-refractivity contribution in [3.05, 3.63) is 72.7 Å². The summed E-state index contributed by atoms with van der Waals surface area (Å²) in [5.41, 5.74) is 4.35. The molecular weight excluding hydrogens is 332 g/mol. The van der Waals surface area contributed by atoms with Crippen LogP contribution >= 0.6 is 0 Å². The fraction of sp³-hybridized carbons (Fsp3) is 0.0833. The van der Waals surface area contributed by atoms with Gasteiger partial charge in [-0.3, -0.25) is 0 Å². The van der Waals surface area contributed by atoms with E-state index >= 15 is 0 Å². The van der Waals surface area contributed by atoms with Crippen LogP contribution in [0.15, 0.2) is 71.5 Å². The van der Waals surface area contributed by atoms with E-state index in [2.05, 4.69) is 66.0 Å². The van der Waals surface area contributed by atoms with Crippen LogP contribution < -0.4 is 4.57 Å². The van der Waals surface area contributed by atoms with Crippen molar-refractivity contribution in [1.29, 1.82) is 0 Å². The van der Waals surface area contributed by atoms with E-state index in [4.69, 9.17) is 4.42 Å². The lowest BCUT2D eigenvalue weighted by Crippen LogP contribution is -2.29. The van der Waals surface area contributed by atoms with E-state index in [-0.39, 0.29) is 0 Å². The zero-order valence-electron chi connectivity index (χ0n) is 15.2. The first-order valence-electron chi connectivity index (χ1n) is 9.12. The van der Waals surface area contributed by atoms with Gasteiger partial charge in [0.1, 0.15) is 16.7 Å². The molecule has 27 heavy (non-hydrogen) atoms. The van der Waals surface area contributed by atoms with Gasteiger partial charge >= 0.3 is 0 Å². The molecule has 4 aromatic carbocycles. The predicted octanol–water partition coefficient (Wildman–Crippen LogP) is 5.57. The minimum absolute atomic E-state index is 0.936. The highest BCUT2D eigenvalue weighted by molar-refractivity contribution is 6.27. The third kappa shape index (κ3) is 1.81. The summed E-state index contributed by atoms with van der Waals surface area (Å²) >= 11 is 0. The Morgan fingerprint density at radius 3 is 2.30 bits per heavy atom. The molecule has 0 unspecified atom stereocenters. The van der Waals surface area contributed by atoms with Gasteiger partial charge in [0.05, 0.1) is 12.4 Å². The Morgan fingerprint density at radius 2 is 1.48 bits per heavy atom. The molecule has 6 rings (SSSR count).